The minimum absolute atomic E-state index is 0.00959. The monoisotopic (exact) mass is 621 g/mol. The van der Waals surface area contributed by atoms with Crippen LogP contribution in [0.15, 0.2) is 114 Å². The maximum Gasteiger partial charge on any atom is 0.264 e. The minimum atomic E-state index is -4.30. The first kappa shape index (κ1) is 31.7. The Morgan fingerprint density at radius 3 is 2.12 bits per heavy atom. The summed E-state index contributed by atoms with van der Waals surface area (Å²) in [6.45, 7) is 1.75. The Morgan fingerprint density at radius 2 is 1.49 bits per heavy atom. The molecule has 1 atom stereocenters. The summed E-state index contributed by atoms with van der Waals surface area (Å²) < 4.78 is 42.4. The van der Waals surface area contributed by atoms with E-state index in [-0.39, 0.29) is 29.5 Å². The average molecular weight is 622 g/mol. The third-order valence-electron chi connectivity index (χ3n) is 6.79. The van der Waals surface area contributed by atoms with Gasteiger partial charge in [0.2, 0.25) is 11.8 Å². The molecule has 7 nitrogen and oxygen atoms in total. The van der Waals surface area contributed by atoms with Crippen LogP contribution in [0.3, 0.4) is 0 Å². The maximum atomic E-state index is 14.3. The first-order chi connectivity index (χ1) is 20.7. The molecule has 224 valence electrons. The number of hydrogen-bond donors (Lipinski definition) is 1. The number of amides is 2. The van der Waals surface area contributed by atoms with Gasteiger partial charge in [-0.15, -0.1) is 0 Å². The second-order valence-electron chi connectivity index (χ2n) is 9.95. The van der Waals surface area contributed by atoms with Crippen molar-refractivity contribution in [3.63, 3.8) is 0 Å². The van der Waals surface area contributed by atoms with Crippen molar-refractivity contribution in [2.75, 3.05) is 17.4 Å². The summed E-state index contributed by atoms with van der Waals surface area (Å²) in [7, 11) is -4.30. The van der Waals surface area contributed by atoms with Crippen molar-refractivity contribution in [3.05, 3.63) is 131 Å². The fourth-order valence-electron chi connectivity index (χ4n) is 4.61. The van der Waals surface area contributed by atoms with Crippen LogP contribution >= 0.6 is 11.6 Å². The third-order valence-corrected chi connectivity index (χ3v) is 8.81. The summed E-state index contributed by atoms with van der Waals surface area (Å²) in [4.78, 5) is 29.2. The summed E-state index contributed by atoms with van der Waals surface area (Å²) in [5.41, 5.74) is 1.76. The minimum Gasteiger partial charge on any atom is -0.354 e. The van der Waals surface area contributed by atoms with Gasteiger partial charge in [-0.3, -0.25) is 13.9 Å². The smallest absolute Gasteiger partial charge is 0.264 e. The Morgan fingerprint density at radius 1 is 0.860 bits per heavy atom. The molecule has 10 heteroatoms. The van der Waals surface area contributed by atoms with Gasteiger partial charge in [0.05, 0.1) is 10.6 Å². The molecule has 0 radical (unpaired) electrons. The highest BCUT2D eigenvalue weighted by Crippen LogP contribution is 2.25. The van der Waals surface area contributed by atoms with Crippen molar-refractivity contribution in [2.45, 2.75) is 37.2 Å². The number of rotatable bonds is 13. The molecule has 0 fully saturated rings. The van der Waals surface area contributed by atoms with E-state index in [0.29, 0.717) is 23.6 Å². The number of hydrogen-bond acceptors (Lipinski definition) is 4. The molecule has 1 N–H and O–H groups in total. The van der Waals surface area contributed by atoms with E-state index in [1.165, 1.54) is 4.90 Å². The average Bonchev–Trinajstić information content (AvgIpc) is 3.01. The Labute approximate surface area is 257 Å². The number of halogens is 2. The first-order valence-corrected chi connectivity index (χ1v) is 15.7. The van der Waals surface area contributed by atoms with Crippen LogP contribution in [-0.2, 0) is 32.6 Å². The molecule has 0 saturated carbocycles. The SMILES string of the molecule is CCCNC(=O)C(Cc1ccccc1)N(Cc1cccc(Cl)c1)C(=O)CN(c1ccccc1)S(=O)(=O)c1ccc(F)cc1. The maximum absolute atomic E-state index is 14.3. The summed E-state index contributed by atoms with van der Waals surface area (Å²) in [6.07, 6.45) is 0.905. The molecule has 0 heterocycles. The van der Waals surface area contributed by atoms with Crippen LogP contribution in [0.2, 0.25) is 5.02 Å². The van der Waals surface area contributed by atoms with Crippen LogP contribution in [0, 0.1) is 5.82 Å². The Hall–Kier alpha value is -4.21. The highest BCUT2D eigenvalue weighted by molar-refractivity contribution is 7.92. The Balaban J connectivity index is 1.78. The number of nitrogens with zero attached hydrogens (tertiary/aromatic N) is 2. The highest BCUT2D eigenvalue weighted by atomic mass is 35.5. The lowest BCUT2D eigenvalue weighted by atomic mass is 10.0. The third kappa shape index (κ3) is 8.43. The quantitative estimate of drug-likeness (QED) is 0.203. The zero-order valence-electron chi connectivity index (χ0n) is 23.7. The van der Waals surface area contributed by atoms with Gasteiger partial charge >= 0.3 is 0 Å². The van der Waals surface area contributed by atoms with Crippen molar-refractivity contribution in [2.24, 2.45) is 0 Å². The van der Waals surface area contributed by atoms with E-state index in [1.54, 1.807) is 54.6 Å². The van der Waals surface area contributed by atoms with Crippen molar-refractivity contribution in [1.29, 1.82) is 0 Å². The van der Waals surface area contributed by atoms with Crippen molar-refractivity contribution in [3.8, 4) is 0 Å². The number of benzene rings is 4. The summed E-state index contributed by atoms with van der Waals surface area (Å²) in [6, 6.07) is 27.9. The van der Waals surface area contributed by atoms with Crippen LogP contribution in [0.5, 0.6) is 0 Å². The number of anilines is 1. The molecule has 43 heavy (non-hydrogen) atoms. The van der Waals surface area contributed by atoms with Crippen LogP contribution in [0.4, 0.5) is 10.1 Å². The van der Waals surface area contributed by atoms with E-state index in [9.17, 15) is 22.4 Å². The van der Waals surface area contributed by atoms with E-state index >= 15 is 0 Å². The van der Waals surface area contributed by atoms with Gasteiger partial charge < -0.3 is 10.2 Å². The number of carbonyl (C=O) groups is 2. The second kappa shape index (κ2) is 14.8. The van der Waals surface area contributed by atoms with Crippen molar-refractivity contribution < 1.29 is 22.4 Å². The fourth-order valence-corrected chi connectivity index (χ4v) is 6.24. The molecule has 0 aliphatic heterocycles. The van der Waals surface area contributed by atoms with Crippen LogP contribution in [0.25, 0.3) is 0 Å². The molecule has 0 aliphatic rings. The van der Waals surface area contributed by atoms with Gasteiger partial charge in [-0.25, -0.2) is 12.8 Å². The highest BCUT2D eigenvalue weighted by Gasteiger charge is 2.34. The summed E-state index contributed by atoms with van der Waals surface area (Å²) >= 11 is 6.25. The van der Waals surface area contributed by atoms with E-state index < -0.39 is 34.3 Å². The molecule has 4 rings (SSSR count). The number of nitrogens with one attached hydrogen (secondary N) is 1. The molecule has 0 saturated heterocycles. The van der Waals surface area contributed by atoms with Gasteiger partial charge in [0.1, 0.15) is 18.4 Å². The van der Waals surface area contributed by atoms with E-state index in [2.05, 4.69) is 5.32 Å². The molecule has 4 aromatic rings. The van der Waals surface area contributed by atoms with E-state index in [0.717, 1.165) is 34.1 Å². The van der Waals surface area contributed by atoms with Crippen LogP contribution < -0.4 is 9.62 Å². The molecule has 0 aliphatic carbocycles. The topological polar surface area (TPSA) is 86.8 Å². The molecular weight excluding hydrogens is 589 g/mol. The van der Waals surface area contributed by atoms with E-state index in [1.807, 2.05) is 37.3 Å². The van der Waals surface area contributed by atoms with E-state index in [4.69, 9.17) is 11.6 Å². The van der Waals surface area contributed by atoms with Crippen LogP contribution in [0.1, 0.15) is 24.5 Å². The van der Waals surface area contributed by atoms with Crippen molar-refractivity contribution >= 4 is 39.1 Å². The first-order valence-electron chi connectivity index (χ1n) is 13.9. The van der Waals surface area contributed by atoms with Crippen molar-refractivity contribution in [1.82, 2.24) is 10.2 Å². The molecule has 0 aromatic heterocycles. The summed E-state index contributed by atoms with van der Waals surface area (Å²) in [5, 5.41) is 3.37. The lowest BCUT2D eigenvalue weighted by Gasteiger charge is -2.34. The zero-order valence-corrected chi connectivity index (χ0v) is 25.3. The molecule has 0 spiro atoms. The van der Waals surface area contributed by atoms with Gasteiger partial charge in [0.15, 0.2) is 0 Å². The van der Waals surface area contributed by atoms with Gasteiger partial charge in [0.25, 0.3) is 10.0 Å². The number of para-hydroxylation sites is 1. The predicted octanol–water partition coefficient (Wildman–Crippen LogP) is 5.84. The Bertz CT molecular complexity index is 1620. The number of sulfonamides is 1. The lowest BCUT2D eigenvalue weighted by Crippen LogP contribution is -2.53. The van der Waals surface area contributed by atoms with Gasteiger partial charge in [-0.2, -0.15) is 0 Å². The molecule has 1 unspecified atom stereocenters. The number of carbonyl (C=O) groups excluding carboxylic acids is 2. The molecular formula is C33H33ClFN3O4S. The lowest BCUT2D eigenvalue weighted by molar-refractivity contribution is -0.140. The normalized spacial score (nSPS) is 11.9. The zero-order chi connectivity index (χ0) is 30.8. The molecule has 2 amide bonds. The second-order valence-corrected chi connectivity index (χ2v) is 12.2. The fraction of sp³-hybridized carbons (Fsp3) is 0.212. The van der Waals surface area contributed by atoms with Gasteiger partial charge in [0, 0.05) is 24.5 Å². The van der Waals surface area contributed by atoms with Gasteiger partial charge in [-0.05, 0) is 66.1 Å². The Kier molecular flexibility index (Phi) is 10.9. The molecule has 0 bridgehead atoms. The largest absolute Gasteiger partial charge is 0.354 e. The predicted molar refractivity (Wildman–Crippen MR) is 167 cm³/mol. The van der Waals surface area contributed by atoms with Crippen LogP contribution in [-0.4, -0.2) is 44.3 Å². The summed E-state index contributed by atoms with van der Waals surface area (Å²) in [5.74, 6) is -1.54. The standard InChI is InChI=1S/C33H33ClFN3O4S/c1-2-20-36-33(40)31(22-25-10-5-3-6-11-25)37(23-26-12-9-13-27(34)21-26)32(39)24-38(29-14-7-4-8-15-29)43(41,42)30-18-16-28(35)17-19-30/h3-19,21,31H,2,20,22-24H2,1H3,(H,36,40). The molecule has 4 aromatic carbocycles. The van der Waals surface area contributed by atoms with Gasteiger partial charge in [-0.1, -0.05) is 79.2 Å².